The zero-order valence-electron chi connectivity index (χ0n) is 11.9. The second-order valence-electron chi connectivity index (χ2n) is 4.47. The van der Waals surface area contributed by atoms with Gasteiger partial charge in [-0.3, -0.25) is 14.9 Å². The highest BCUT2D eigenvalue weighted by molar-refractivity contribution is 7.89. The normalized spacial score (nSPS) is 11.6. The molecule has 0 aromatic heterocycles. The van der Waals surface area contributed by atoms with Crippen molar-refractivity contribution in [2.45, 2.75) is 25.7 Å². The Morgan fingerprint density at radius 3 is 2.38 bits per heavy atom. The van der Waals surface area contributed by atoms with Gasteiger partial charge in [-0.2, -0.15) is 4.31 Å². The van der Waals surface area contributed by atoms with Crippen molar-refractivity contribution in [2.24, 2.45) is 0 Å². The molecule has 9 heteroatoms. The molecule has 0 spiro atoms. The number of aliphatic carboxylic acids is 1. The van der Waals surface area contributed by atoms with Gasteiger partial charge in [0, 0.05) is 18.2 Å². The Balaban J connectivity index is 3.44. The summed E-state index contributed by atoms with van der Waals surface area (Å²) in [5, 5.41) is 19.7. The maximum atomic E-state index is 12.4. The van der Waals surface area contributed by atoms with Crippen molar-refractivity contribution < 1.29 is 23.2 Å². The van der Waals surface area contributed by atoms with Gasteiger partial charge in [0.15, 0.2) is 0 Å². The van der Waals surface area contributed by atoms with Crippen LogP contribution in [0.2, 0.25) is 0 Å². The molecule has 0 radical (unpaired) electrons. The molecule has 1 aromatic carbocycles. The van der Waals surface area contributed by atoms with E-state index in [9.17, 15) is 23.3 Å². The van der Waals surface area contributed by atoms with E-state index >= 15 is 0 Å². The van der Waals surface area contributed by atoms with E-state index in [4.69, 9.17) is 5.11 Å². The van der Waals surface area contributed by atoms with Crippen LogP contribution < -0.4 is 0 Å². The largest absolute Gasteiger partial charge is 0.480 e. The molecular formula is C12H16N2O6S. The molecule has 116 valence electrons. The minimum absolute atomic E-state index is 0.0463. The van der Waals surface area contributed by atoms with Gasteiger partial charge in [0.05, 0.1) is 9.82 Å². The van der Waals surface area contributed by atoms with Crippen molar-refractivity contribution in [1.29, 1.82) is 0 Å². The Morgan fingerprint density at radius 1 is 1.38 bits per heavy atom. The number of nitro benzene ring substituents is 1. The number of carboxylic acid groups (broad SMARTS) is 1. The summed E-state index contributed by atoms with van der Waals surface area (Å²) in [6.45, 7) is 3.85. The number of rotatable bonds is 6. The van der Waals surface area contributed by atoms with E-state index in [-0.39, 0.29) is 17.1 Å². The lowest BCUT2D eigenvalue weighted by Crippen LogP contribution is -2.35. The number of aryl methyl sites for hydroxylation is 1. The molecular weight excluding hydrogens is 300 g/mol. The van der Waals surface area contributed by atoms with Crippen LogP contribution in [0.1, 0.15) is 18.1 Å². The minimum atomic E-state index is -4.09. The molecule has 1 rings (SSSR count). The quantitative estimate of drug-likeness (QED) is 0.624. The first-order valence-corrected chi connectivity index (χ1v) is 7.52. The van der Waals surface area contributed by atoms with Crippen LogP contribution >= 0.6 is 0 Å². The summed E-state index contributed by atoms with van der Waals surface area (Å²) < 4.78 is 25.5. The summed E-state index contributed by atoms with van der Waals surface area (Å²) in [6.07, 6.45) is 0. The fourth-order valence-electron chi connectivity index (χ4n) is 1.81. The smallest absolute Gasteiger partial charge is 0.318 e. The number of nitro groups is 1. The van der Waals surface area contributed by atoms with Crippen molar-refractivity contribution >= 4 is 21.7 Å². The van der Waals surface area contributed by atoms with Crippen molar-refractivity contribution in [3.63, 3.8) is 0 Å². The van der Waals surface area contributed by atoms with Gasteiger partial charge in [0.1, 0.15) is 6.54 Å². The Kier molecular flexibility index (Phi) is 5.02. The van der Waals surface area contributed by atoms with Gasteiger partial charge in [-0.05, 0) is 25.5 Å². The summed E-state index contributed by atoms with van der Waals surface area (Å²) in [4.78, 5) is 20.8. The fraction of sp³-hybridized carbons (Fsp3) is 0.417. The number of nitrogens with zero attached hydrogens (tertiary/aromatic N) is 2. The average Bonchev–Trinajstić information content (AvgIpc) is 2.37. The Hall–Kier alpha value is -2.00. The Labute approximate surface area is 122 Å². The number of hydrogen-bond donors (Lipinski definition) is 1. The Bertz CT molecular complexity index is 683. The molecule has 0 aliphatic heterocycles. The molecule has 0 amide bonds. The van der Waals surface area contributed by atoms with Crippen molar-refractivity contribution in [3.05, 3.63) is 33.4 Å². The van der Waals surface area contributed by atoms with Gasteiger partial charge in [0.25, 0.3) is 5.69 Å². The average molecular weight is 316 g/mol. The predicted octanol–water partition coefficient (Wildman–Crippen LogP) is 1.31. The van der Waals surface area contributed by atoms with Crippen LogP contribution in [0.5, 0.6) is 0 Å². The highest BCUT2D eigenvalue weighted by atomic mass is 32.2. The molecule has 8 nitrogen and oxygen atoms in total. The van der Waals surface area contributed by atoms with Crippen LogP contribution in [0.3, 0.4) is 0 Å². The monoisotopic (exact) mass is 316 g/mol. The van der Waals surface area contributed by atoms with Crippen LogP contribution in [-0.4, -0.2) is 41.8 Å². The first-order valence-electron chi connectivity index (χ1n) is 6.08. The van der Waals surface area contributed by atoms with E-state index in [0.29, 0.717) is 11.1 Å². The molecule has 0 heterocycles. The van der Waals surface area contributed by atoms with Gasteiger partial charge < -0.3 is 5.11 Å². The van der Waals surface area contributed by atoms with E-state index in [1.807, 2.05) is 0 Å². The van der Waals surface area contributed by atoms with Gasteiger partial charge in [-0.15, -0.1) is 0 Å². The summed E-state index contributed by atoms with van der Waals surface area (Å²) in [6, 6.07) is 2.27. The third kappa shape index (κ3) is 3.56. The molecule has 0 bridgehead atoms. The van der Waals surface area contributed by atoms with Gasteiger partial charge in [-0.1, -0.05) is 6.92 Å². The second-order valence-corrected chi connectivity index (χ2v) is 6.40. The summed E-state index contributed by atoms with van der Waals surface area (Å²) in [5.74, 6) is -1.29. The van der Waals surface area contributed by atoms with Crippen molar-refractivity contribution in [2.75, 3.05) is 13.1 Å². The maximum absolute atomic E-state index is 12.4. The minimum Gasteiger partial charge on any atom is -0.480 e. The van der Waals surface area contributed by atoms with Crippen LogP contribution in [-0.2, 0) is 14.8 Å². The van der Waals surface area contributed by atoms with Gasteiger partial charge in [-0.25, -0.2) is 8.42 Å². The van der Waals surface area contributed by atoms with E-state index in [1.54, 1.807) is 6.92 Å². The molecule has 0 atom stereocenters. The molecule has 0 saturated carbocycles. The molecule has 0 aliphatic carbocycles. The number of likely N-dealkylation sites (N-methyl/N-ethyl adjacent to an activating group) is 1. The van der Waals surface area contributed by atoms with Crippen molar-refractivity contribution in [1.82, 2.24) is 4.31 Å². The first-order chi connectivity index (χ1) is 9.61. The highest BCUT2D eigenvalue weighted by Gasteiger charge is 2.28. The number of benzene rings is 1. The standard InChI is InChI=1S/C12H16N2O6S/c1-4-13(7-12(15)16)21(19,20)10-5-8(2)9(3)11(6-10)14(17)18/h5-6H,4,7H2,1-3H3,(H,15,16). The maximum Gasteiger partial charge on any atom is 0.318 e. The second kappa shape index (κ2) is 6.19. The summed E-state index contributed by atoms with van der Waals surface area (Å²) in [7, 11) is -4.09. The molecule has 0 fully saturated rings. The summed E-state index contributed by atoms with van der Waals surface area (Å²) in [5.41, 5.74) is 0.523. The molecule has 0 unspecified atom stereocenters. The number of sulfonamides is 1. The van der Waals surface area contributed by atoms with E-state index in [2.05, 4.69) is 0 Å². The number of hydrogen-bond acceptors (Lipinski definition) is 5. The van der Waals surface area contributed by atoms with Gasteiger partial charge >= 0.3 is 5.97 Å². The van der Waals surface area contributed by atoms with E-state index in [0.717, 1.165) is 10.4 Å². The zero-order valence-corrected chi connectivity index (χ0v) is 12.7. The van der Waals surface area contributed by atoms with Crippen LogP contribution in [0.15, 0.2) is 17.0 Å². The third-order valence-electron chi connectivity index (χ3n) is 3.11. The van der Waals surface area contributed by atoms with E-state index < -0.39 is 27.5 Å². The third-order valence-corrected chi connectivity index (χ3v) is 5.01. The van der Waals surface area contributed by atoms with Crippen LogP contribution in [0, 0.1) is 24.0 Å². The number of carboxylic acids is 1. The van der Waals surface area contributed by atoms with Crippen LogP contribution in [0.4, 0.5) is 5.69 Å². The highest BCUT2D eigenvalue weighted by Crippen LogP contribution is 2.27. The molecule has 1 N–H and O–H groups in total. The van der Waals surface area contributed by atoms with Crippen LogP contribution in [0.25, 0.3) is 0 Å². The summed E-state index contributed by atoms with van der Waals surface area (Å²) >= 11 is 0. The fourth-order valence-corrected chi connectivity index (χ4v) is 3.32. The predicted molar refractivity (Wildman–Crippen MR) is 74.6 cm³/mol. The van der Waals surface area contributed by atoms with Gasteiger partial charge in [0.2, 0.25) is 10.0 Å². The molecule has 21 heavy (non-hydrogen) atoms. The van der Waals surface area contributed by atoms with E-state index in [1.165, 1.54) is 19.9 Å². The lowest BCUT2D eigenvalue weighted by molar-refractivity contribution is -0.385. The lowest BCUT2D eigenvalue weighted by Gasteiger charge is -2.19. The molecule has 0 aliphatic rings. The van der Waals surface area contributed by atoms with Crippen molar-refractivity contribution in [3.8, 4) is 0 Å². The lowest BCUT2D eigenvalue weighted by atomic mass is 10.1. The Morgan fingerprint density at radius 2 is 1.95 bits per heavy atom. The number of carbonyl (C=O) groups is 1. The first kappa shape index (κ1) is 17.1. The SMILES string of the molecule is CCN(CC(=O)O)S(=O)(=O)c1cc(C)c(C)c([N+](=O)[O-])c1. The zero-order chi connectivity index (χ0) is 16.4. The molecule has 1 aromatic rings. The topological polar surface area (TPSA) is 118 Å². The molecule has 0 saturated heterocycles.